The van der Waals surface area contributed by atoms with E-state index in [0.29, 0.717) is 5.56 Å². The van der Waals surface area contributed by atoms with Gasteiger partial charge in [0.05, 0.1) is 6.61 Å². The average molecular weight is 334 g/mol. The van der Waals surface area contributed by atoms with E-state index in [1.54, 1.807) is 12.1 Å². The molecule has 128 valence electrons. The molecule has 3 heteroatoms. The van der Waals surface area contributed by atoms with Crippen molar-refractivity contribution < 1.29 is 13.9 Å². The van der Waals surface area contributed by atoms with Gasteiger partial charge >= 0.3 is 0 Å². The van der Waals surface area contributed by atoms with Crippen LogP contribution in [-0.4, -0.2) is 12.9 Å². The minimum atomic E-state index is 0.657. The molecule has 0 saturated heterocycles. The summed E-state index contributed by atoms with van der Waals surface area (Å²) < 4.78 is 11.7. The number of furan rings is 1. The molecule has 0 spiro atoms. The van der Waals surface area contributed by atoms with Crippen LogP contribution in [0.2, 0.25) is 0 Å². The Morgan fingerprint density at radius 1 is 0.840 bits per heavy atom. The lowest BCUT2D eigenvalue weighted by molar-refractivity contribution is 0.112. The van der Waals surface area contributed by atoms with Crippen LogP contribution in [-0.2, 0) is 0 Å². The number of unbranched alkanes of at least 4 members (excludes halogenated alkanes) is 2. The van der Waals surface area contributed by atoms with E-state index in [0.717, 1.165) is 47.7 Å². The second kappa shape index (κ2) is 8.34. The molecule has 3 rings (SSSR count). The second-order valence-corrected chi connectivity index (χ2v) is 5.98. The van der Waals surface area contributed by atoms with Crippen molar-refractivity contribution in [1.29, 1.82) is 0 Å². The van der Waals surface area contributed by atoms with Crippen LogP contribution in [0.3, 0.4) is 0 Å². The molecule has 0 N–H and O–H groups in total. The van der Waals surface area contributed by atoms with Gasteiger partial charge in [-0.15, -0.1) is 0 Å². The second-order valence-electron chi connectivity index (χ2n) is 5.98. The van der Waals surface area contributed by atoms with Gasteiger partial charge in [0, 0.05) is 16.7 Å². The highest BCUT2D eigenvalue weighted by Crippen LogP contribution is 2.29. The molecule has 0 aliphatic rings. The first-order chi connectivity index (χ1) is 12.3. The van der Waals surface area contributed by atoms with Crippen molar-refractivity contribution in [1.82, 2.24) is 0 Å². The van der Waals surface area contributed by atoms with E-state index in [9.17, 15) is 4.79 Å². The van der Waals surface area contributed by atoms with Crippen LogP contribution < -0.4 is 4.74 Å². The summed E-state index contributed by atoms with van der Waals surface area (Å²) in [6.07, 6.45) is 4.31. The maximum Gasteiger partial charge on any atom is 0.150 e. The molecule has 0 aliphatic carbocycles. The van der Waals surface area contributed by atoms with Crippen molar-refractivity contribution in [2.45, 2.75) is 26.2 Å². The van der Waals surface area contributed by atoms with E-state index in [1.165, 1.54) is 12.8 Å². The molecule has 2 aromatic carbocycles. The maximum absolute atomic E-state index is 10.7. The van der Waals surface area contributed by atoms with E-state index in [-0.39, 0.29) is 0 Å². The Morgan fingerprint density at radius 3 is 2.00 bits per heavy atom. The summed E-state index contributed by atoms with van der Waals surface area (Å²) in [5, 5.41) is 0. The van der Waals surface area contributed by atoms with Crippen LogP contribution >= 0.6 is 0 Å². The lowest BCUT2D eigenvalue weighted by atomic mass is 10.1. The van der Waals surface area contributed by atoms with Gasteiger partial charge in [-0.05, 0) is 42.8 Å². The standard InChI is InChI=1S/C22H22O3/c1-2-3-4-15-24-20-11-9-19(10-12-20)22-14-13-21(25-22)18-7-5-17(16-23)6-8-18/h5-14,16H,2-4,15H2,1H3. The van der Waals surface area contributed by atoms with Gasteiger partial charge in [0.25, 0.3) is 0 Å². The Kier molecular flexibility index (Phi) is 5.68. The van der Waals surface area contributed by atoms with Gasteiger partial charge in [0.15, 0.2) is 0 Å². The molecular weight excluding hydrogens is 312 g/mol. The molecule has 3 nitrogen and oxygen atoms in total. The fourth-order valence-electron chi connectivity index (χ4n) is 2.63. The largest absolute Gasteiger partial charge is 0.494 e. The van der Waals surface area contributed by atoms with Crippen molar-refractivity contribution >= 4 is 6.29 Å². The number of hydrogen-bond acceptors (Lipinski definition) is 3. The Hall–Kier alpha value is -2.81. The third kappa shape index (κ3) is 4.38. The number of ether oxygens (including phenoxy) is 1. The minimum absolute atomic E-state index is 0.657. The molecule has 0 unspecified atom stereocenters. The third-order valence-electron chi connectivity index (χ3n) is 4.09. The zero-order chi connectivity index (χ0) is 17.5. The molecule has 0 bridgehead atoms. The first-order valence-electron chi connectivity index (χ1n) is 8.69. The number of rotatable bonds is 8. The van der Waals surface area contributed by atoms with E-state index < -0.39 is 0 Å². The summed E-state index contributed by atoms with van der Waals surface area (Å²) >= 11 is 0. The van der Waals surface area contributed by atoms with Gasteiger partial charge in [-0.2, -0.15) is 0 Å². The first kappa shape index (κ1) is 17.0. The van der Waals surface area contributed by atoms with Gasteiger partial charge in [0.1, 0.15) is 23.6 Å². The summed E-state index contributed by atoms with van der Waals surface area (Å²) in [4.78, 5) is 10.7. The predicted octanol–water partition coefficient (Wildman–Crippen LogP) is 6.00. The molecule has 0 amide bonds. The summed E-state index contributed by atoms with van der Waals surface area (Å²) in [5.74, 6) is 2.48. The zero-order valence-corrected chi connectivity index (χ0v) is 14.4. The first-order valence-corrected chi connectivity index (χ1v) is 8.69. The highest BCUT2D eigenvalue weighted by molar-refractivity contribution is 5.76. The van der Waals surface area contributed by atoms with Gasteiger partial charge in [-0.3, -0.25) is 4.79 Å². The Morgan fingerprint density at radius 2 is 1.44 bits per heavy atom. The summed E-state index contributed by atoms with van der Waals surface area (Å²) in [6.45, 7) is 2.94. The van der Waals surface area contributed by atoms with E-state index in [4.69, 9.17) is 9.15 Å². The van der Waals surface area contributed by atoms with Crippen molar-refractivity contribution in [2.24, 2.45) is 0 Å². The fraction of sp³-hybridized carbons (Fsp3) is 0.227. The topological polar surface area (TPSA) is 39.4 Å². The lowest BCUT2D eigenvalue weighted by Gasteiger charge is -2.06. The van der Waals surface area contributed by atoms with Crippen LogP contribution in [0.15, 0.2) is 65.1 Å². The van der Waals surface area contributed by atoms with Crippen LogP contribution in [0.5, 0.6) is 5.75 Å². The van der Waals surface area contributed by atoms with Crippen LogP contribution in [0, 0.1) is 0 Å². The SMILES string of the molecule is CCCCCOc1ccc(-c2ccc(-c3ccc(C=O)cc3)o2)cc1. The Balaban J connectivity index is 1.68. The maximum atomic E-state index is 10.7. The minimum Gasteiger partial charge on any atom is -0.494 e. The number of carbonyl (C=O) groups excluding carboxylic acids is 1. The van der Waals surface area contributed by atoms with Crippen LogP contribution in [0.4, 0.5) is 0 Å². The monoisotopic (exact) mass is 334 g/mol. The lowest BCUT2D eigenvalue weighted by Crippen LogP contribution is -1.96. The Labute approximate surface area is 148 Å². The molecule has 3 aromatic rings. The summed E-state index contributed by atoms with van der Waals surface area (Å²) in [7, 11) is 0. The van der Waals surface area contributed by atoms with E-state index in [1.807, 2.05) is 48.5 Å². The number of carbonyl (C=O) groups is 1. The summed E-state index contributed by atoms with van der Waals surface area (Å²) in [5.41, 5.74) is 2.62. The molecule has 1 aromatic heterocycles. The normalized spacial score (nSPS) is 10.6. The molecular formula is C22H22O3. The van der Waals surface area contributed by atoms with Crippen molar-refractivity contribution in [3.63, 3.8) is 0 Å². The van der Waals surface area contributed by atoms with Crippen LogP contribution in [0.1, 0.15) is 36.5 Å². The Bertz CT molecular complexity index is 798. The molecule has 0 fully saturated rings. The van der Waals surface area contributed by atoms with Gasteiger partial charge < -0.3 is 9.15 Å². The van der Waals surface area contributed by atoms with E-state index in [2.05, 4.69) is 6.92 Å². The van der Waals surface area contributed by atoms with Crippen molar-refractivity contribution in [3.05, 3.63) is 66.2 Å². The highest BCUT2D eigenvalue weighted by Gasteiger charge is 2.07. The van der Waals surface area contributed by atoms with E-state index >= 15 is 0 Å². The highest BCUT2D eigenvalue weighted by atomic mass is 16.5. The third-order valence-corrected chi connectivity index (χ3v) is 4.09. The smallest absolute Gasteiger partial charge is 0.150 e. The summed E-state index contributed by atoms with van der Waals surface area (Å²) in [6, 6.07) is 19.2. The fourth-order valence-corrected chi connectivity index (χ4v) is 2.63. The quantitative estimate of drug-likeness (QED) is 0.375. The van der Waals surface area contributed by atoms with Crippen LogP contribution in [0.25, 0.3) is 22.6 Å². The number of hydrogen-bond donors (Lipinski definition) is 0. The molecule has 0 radical (unpaired) electrons. The van der Waals surface area contributed by atoms with Gasteiger partial charge in [0.2, 0.25) is 0 Å². The molecule has 0 aliphatic heterocycles. The number of aldehydes is 1. The zero-order valence-electron chi connectivity index (χ0n) is 14.4. The molecule has 1 heterocycles. The van der Waals surface area contributed by atoms with Crippen molar-refractivity contribution in [3.8, 4) is 28.4 Å². The van der Waals surface area contributed by atoms with Gasteiger partial charge in [-0.25, -0.2) is 0 Å². The average Bonchev–Trinajstić information content (AvgIpc) is 3.16. The molecule has 25 heavy (non-hydrogen) atoms. The molecule has 0 atom stereocenters. The van der Waals surface area contributed by atoms with Gasteiger partial charge in [-0.1, -0.05) is 44.0 Å². The molecule has 0 saturated carbocycles. The van der Waals surface area contributed by atoms with Crippen molar-refractivity contribution in [2.75, 3.05) is 6.61 Å². The number of benzene rings is 2. The predicted molar refractivity (Wildman–Crippen MR) is 100.0 cm³/mol.